The fraction of sp³-hybridized carbons (Fsp3) is 0.0909. The SMILES string of the molecule is O=C(CSc1ccccc1)N/N=C\c1ccc(OCc2ccc([N+](=O)[O-])cc2)cc1. The summed E-state index contributed by atoms with van der Waals surface area (Å²) in [7, 11) is 0. The average molecular weight is 421 g/mol. The number of thioether (sulfide) groups is 1. The second-order valence-corrected chi connectivity index (χ2v) is 7.22. The minimum absolute atomic E-state index is 0.0492. The van der Waals surface area contributed by atoms with Crippen molar-refractivity contribution in [1.29, 1.82) is 0 Å². The highest BCUT2D eigenvalue weighted by Gasteiger charge is 2.04. The number of carbonyl (C=O) groups is 1. The number of hydrogen-bond donors (Lipinski definition) is 1. The van der Waals surface area contributed by atoms with Gasteiger partial charge in [0.2, 0.25) is 5.91 Å². The maximum atomic E-state index is 11.8. The van der Waals surface area contributed by atoms with E-state index in [2.05, 4.69) is 10.5 Å². The Morgan fingerprint density at radius 1 is 1.03 bits per heavy atom. The molecule has 30 heavy (non-hydrogen) atoms. The first-order chi connectivity index (χ1) is 14.6. The van der Waals surface area contributed by atoms with Gasteiger partial charge in [0.15, 0.2) is 0 Å². The summed E-state index contributed by atoms with van der Waals surface area (Å²) in [4.78, 5) is 23.1. The fourth-order valence-electron chi connectivity index (χ4n) is 2.41. The van der Waals surface area contributed by atoms with E-state index < -0.39 is 4.92 Å². The van der Waals surface area contributed by atoms with Gasteiger partial charge in [0.1, 0.15) is 12.4 Å². The molecule has 3 aromatic carbocycles. The van der Waals surface area contributed by atoms with E-state index in [1.54, 1.807) is 30.5 Å². The molecule has 8 heteroatoms. The number of nitro groups is 1. The molecule has 1 amide bonds. The molecule has 0 saturated carbocycles. The summed E-state index contributed by atoms with van der Waals surface area (Å²) in [6, 6.07) is 23.1. The van der Waals surface area contributed by atoms with Crippen molar-refractivity contribution in [3.8, 4) is 5.75 Å². The summed E-state index contributed by atoms with van der Waals surface area (Å²) in [5.41, 5.74) is 4.20. The van der Waals surface area contributed by atoms with Crippen LogP contribution in [-0.4, -0.2) is 22.8 Å². The first kappa shape index (κ1) is 21.1. The van der Waals surface area contributed by atoms with Crippen molar-refractivity contribution in [2.45, 2.75) is 11.5 Å². The molecule has 0 saturated heterocycles. The molecule has 0 aromatic heterocycles. The minimum atomic E-state index is -0.435. The third kappa shape index (κ3) is 6.75. The van der Waals surface area contributed by atoms with Gasteiger partial charge in [-0.3, -0.25) is 14.9 Å². The van der Waals surface area contributed by atoms with E-state index in [-0.39, 0.29) is 17.3 Å². The Morgan fingerprint density at radius 2 is 1.73 bits per heavy atom. The van der Waals surface area contributed by atoms with Crippen LogP contribution in [-0.2, 0) is 11.4 Å². The van der Waals surface area contributed by atoms with Gasteiger partial charge >= 0.3 is 0 Å². The monoisotopic (exact) mass is 421 g/mol. The number of hydrogen-bond acceptors (Lipinski definition) is 6. The number of ether oxygens (including phenoxy) is 1. The van der Waals surface area contributed by atoms with Crippen molar-refractivity contribution in [1.82, 2.24) is 5.43 Å². The van der Waals surface area contributed by atoms with E-state index in [4.69, 9.17) is 4.74 Å². The van der Waals surface area contributed by atoms with Crippen molar-refractivity contribution in [2.24, 2.45) is 5.10 Å². The summed E-state index contributed by atoms with van der Waals surface area (Å²) in [5, 5.41) is 14.6. The van der Waals surface area contributed by atoms with Crippen molar-refractivity contribution in [3.05, 3.63) is 100 Å². The van der Waals surface area contributed by atoms with Gasteiger partial charge in [0.25, 0.3) is 5.69 Å². The molecule has 3 rings (SSSR count). The second-order valence-electron chi connectivity index (χ2n) is 6.18. The average Bonchev–Trinajstić information content (AvgIpc) is 2.78. The number of non-ortho nitro benzene ring substituents is 1. The first-order valence-electron chi connectivity index (χ1n) is 9.06. The van der Waals surface area contributed by atoms with Crippen molar-refractivity contribution < 1.29 is 14.5 Å². The largest absolute Gasteiger partial charge is 0.489 e. The zero-order valence-electron chi connectivity index (χ0n) is 15.9. The first-order valence-corrected chi connectivity index (χ1v) is 10.0. The van der Waals surface area contributed by atoms with E-state index >= 15 is 0 Å². The molecule has 152 valence electrons. The number of nitrogens with one attached hydrogen (secondary N) is 1. The predicted molar refractivity (Wildman–Crippen MR) is 117 cm³/mol. The number of benzene rings is 3. The lowest BCUT2D eigenvalue weighted by Crippen LogP contribution is -2.19. The number of nitrogens with zero attached hydrogens (tertiary/aromatic N) is 2. The maximum Gasteiger partial charge on any atom is 0.269 e. The van der Waals surface area contributed by atoms with Crippen LogP contribution in [0.1, 0.15) is 11.1 Å². The lowest BCUT2D eigenvalue weighted by Gasteiger charge is -2.06. The highest BCUT2D eigenvalue weighted by Crippen LogP contribution is 2.17. The lowest BCUT2D eigenvalue weighted by atomic mass is 10.2. The van der Waals surface area contributed by atoms with E-state index in [0.29, 0.717) is 12.4 Å². The maximum absolute atomic E-state index is 11.8. The van der Waals surface area contributed by atoms with Gasteiger partial charge in [-0.1, -0.05) is 18.2 Å². The molecular weight excluding hydrogens is 402 g/mol. The molecule has 0 atom stereocenters. The molecule has 0 fully saturated rings. The zero-order chi connectivity index (χ0) is 21.2. The van der Waals surface area contributed by atoms with Gasteiger partial charge in [0.05, 0.1) is 16.9 Å². The quantitative estimate of drug-likeness (QED) is 0.239. The molecule has 0 aliphatic heterocycles. The summed E-state index contributed by atoms with van der Waals surface area (Å²) in [6.45, 7) is 0.306. The van der Waals surface area contributed by atoms with E-state index in [1.807, 2.05) is 42.5 Å². The van der Waals surface area contributed by atoms with Crippen LogP contribution in [0.2, 0.25) is 0 Å². The minimum Gasteiger partial charge on any atom is -0.489 e. The number of nitro benzene ring substituents is 1. The van der Waals surface area contributed by atoms with Crippen LogP contribution in [0.25, 0.3) is 0 Å². The molecule has 7 nitrogen and oxygen atoms in total. The third-order valence-corrected chi connectivity index (χ3v) is 4.96. The molecular formula is C22H19N3O4S. The van der Waals surface area contributed by atoms with Crippen LogP contribution >= 0.6 is 11.8 Å². The van der Waals surface area contributed by atoms with Crippen LogP contribution in [0.15, 0.2) is 88.9 Å². The van der Waals surface area contributed by atoms with Gasteiger partial charge in [-0.2, -0.15) is 5.10 Å². The summed E-state index contributed by atoms with van der Waals surface area (Å²) >= 11 is 1.45. The fourth-order valence-corrected chi connectivity index (χ4v) is 3.12. The van der Waals surface area contributed by atoms with Crippen molar-refractivity contribution in [2.75, 3.05) is 5.75 Å². The van der Waals surface area contributed by atoms with E-state index in [9.17, 15) is 14.9 Å². The molecule has 0 unspecified atom stereocenters. The van der Waals surface area contributed by atoms with Crippen LogP contribution in [0, 0.1) is 10.1 Å². The van der Waals surface area contributed by atoms with E-state index in [1.165, 1.54) is 23.9 Å². The lowest BCUT2D eigenvalue weighted by molar-refractivity contribution is -0.384. The van der Waals surface area contributed by atoms with Gasteiger partial charge in [0, 0.05) is 17.0 Å². The number of amides is 1. The molecule has 3 aromatic rings. The summed E-state index contributed by atoms with van der Waals surface area (Å²) in [6.07, 6.45) is 1.56. The number of carbonyl (C=O) groups excluding carboxylic acids is 1. The van der Waals surface area contributed by atoms with Gasteiger partial charge in [-0.05, 0) is 59.7 Å². The number of hydrazone groups is 1. The highest BCUT2D eigenvalue weighted by molar-refractivity contribution is 8.00. The molecule has 1 N–H and O–H groups in total. The van der Waals surface area contributed by atoms with Crippen molar-refractivity contribution >= 4 is 29.6 Å². The molecule has 0 aliphatic rings. The Bertz CT molecular complexity index is 1010. The van der Waals surface area contributed by atoms with Crippen LogP contribution < -0.4 is 10.2 Å². The van der Waals surface area contributed by atoms with Gasteiger partial charge < -0.3 is 4.74 Å². The van der Waals surface area contributed by atoms with Gasteiger partial charge in [-0.15, -0.1) is 11.8 Å². The highest BCUT2D eigenvalue weighted by atomic mass is 32.2. The molecule has 0 radical (unpaired) electrons. The van der Waals surface area contributed by atoms with Crippen LogP contribution in [0.4, 0.5) is 5.69 Å². The Balaban J connectivity index is 1.42. The standard InChI is InChI=1S/C22H19N3O4S/c26-22(16-30-21-4-2-1-3-5-21)24-23-14-17-8-12-20(13-9-17)29-15-18-6-10-19(11-7-18)25(27)28/h1-14H,15-16H2,(H,24,26)/b23-14-. The Labute approximate surface area is 177 Å². The second kappa shape index (κ2) is 10.8. The number of rotatable bonds is 9. The Kier molecular flexibility index (Phi) is 7.57. The normalized spacial score (nSPS) is 10.7. The predicted octanol–water partition coefficient (Wildman–Crippen LogP) is 4.42. The van der Waals surface area contributed by atoms with Gasteiger partial charge in [-0.25, -0.2) is 5.43 Å². The molecule has 0 bridgehead atoms. The summed E-state index contributed by atoms with van der Waals surface area (Å²) < 4.78 is 5.68. The van der Waals surface area contributed by atoms with Crippen LogP contribution in [0.3, 0.4) is 0 Å². The Hall–Kier alpha value is -3.65. The molecule has 0 aliphatic carbocycles. The zero-order valence-corrected chi connectivity index (χ0v) is 16.7. The molecule has 0 heterocycles. The Morgan fingerprint density at radius 3 is 2.40 bits per heavy atom. The summed E-state index contributed by atoms with van der Waals surface area (Å²) in [5.74, 6) is 0.772. The third-order valence-electron chi connectivity index (χ3n) is 3.95. The molecule has 0 spiro atoms. The van der Waals surface area contributed by atoms with Crippen LogP contribution in [0.5, 0.6) is 5.75 Å². The topological polar surface area (TPSA) is 93.8 Å². The van der Waals surface area contributed by atoms with Crippen molar-refractivity contribution in [3.63, 3.8) is 0 Å². The van der Waals surface area contributed by atoms with E-state index in [0.717, 1.165) is 16.0 Å². The smallest absolute Gasteiger partial charge is 0.269 e.